The van der Waals surface area contributed by atoms with E-state index in [0.717, 1.165) is 0 Å². The number of benzene rings is 2. The number of hydrogen-bond acceptors (Lipinski definition) is 3. The molecule has 4 nitrogen and oxygen atoms in total. The quantitative estimate of drug-likeness (QED) is 0.361. The van der Waals surface area contributed by atoms with E-state index in [4.69, 9.17) is 23.2 Å². The molecular weight excluding hydrogens is 373 g/mol. The Morgan fingerprint density at radius 1 is 1.04 bits per heavy atom. The number of ketones is 1. The predicted molar refractivity (Wildman–Crippen MR) is 102 cm³/mol. The lowest BCUT2D eigenvalue weighted by atomic mass is 9.95. The van der Waals surface area contributed by atoms with Crippen molar-refractivity contribution in [3.63, 3.8) is 0 Å². The number of carbonyl (C=O) groups is 2. The van der Waals surface area contributed by atoms with Crippen molar-refractivity contribution < 1.29 is 14.7 Å². The first kappa shape index (κ1) is 18.2. The molecule has 0 aliphatic carbocycles. The lowest BCUT2D eigenvalue weighted by Crippen LogP contribution is -2.29. The maximum absolute atomic E-state index is 12.6. The zero-order valence-corrected chi connectivity index (χ0v) is 15.2. The van der Waals surface area contributed by atoms with Crippen LogP contribution in [0.15, 0.2) is 66.8 Å². The minimum atomic E-state index is -0.737. The van der Waals surface area contributed by atoms with Gasteiger partial charge in [-0.1, -0.05) is 41.4 Å². The normalized spacial score (nSPS) is 19.0. The zero-order valence-electron chi connectivity index (χ0n) is 13.7. The van der Waals surface area contributed by atoms with E-state index in [9.17, 15) is 14.7 Å². The average molecular weight is 388 g/mol. The van der Waals surface area contributed by atoms with Gasteiger partial charge in [0, 0.05) is 22.2 Å². The second kappa shape index (κ2) is 7.36. The first-order chi connectivity index (χ1) is 12.4. The van der Waals surface area contributed by atoms with Crippen molar-refractivity contribution in [2.24, 2.45) is 0 Å². The second-order valence-corrected chi connectivity index (χ2v) is 6.67. The number of likely N-dealkylation sites (tertiary alicyclic amines) is 1. The number of aliphatic hydroxyl groups excluding tert-OH is 1. The van der Waals surface area contributed by atoms with Crippen LogP contribution in [0.5, 0.6) is 0 Å². The van der Waals surface area contributed by atoms with E-state index >= 15 is 0 Å². The Balaban J connectivity index is 2.18. The first-order valence-electron chi connectivity index (χ1n) is 7.84. The van der Waals surface area contributed by atoms with Crippen LogP contribution < -0.4 is 0 Å². The van der Waals surface area contributed by atoms with Crippen molar-refractivity contribution in [3.05, 3.63) is 87.9 Å². The molecular formula is C20H15Cl2NO3. The molecule has 1 unspecified atom stereocenters. The molecule has 1 aliphatic rings. The lowest BCUT2D eigenvalue weighted by Gasteiger charge is -2.24. The standard InChI is InChI=1S/C20H15Cl2NO3/c1-2-11-23-17(12-3-7-14(21)8-4-12)16(19(25)20(23)26)18(24)13-5-9-15(22)10-6-13/h2-10,17,24H,1,11H2/b18-16+. The third-order valence-electron chi connectivity index (χ3n) is 4.17. The van der Waals surface area contributed by atoms with Gasteiger partial charge in [0.2, 0.25) is 0 Å². The van der Waals surface area contributed by atoms with Gasteiger partial charge in [0.25, 0.3) is 11.7 Å². The maximum Gasteiger partial charge on any atom is 0.295 e. The highest BCUT2D eigenvalue weighted by Gasteiger charge is 2.45. The highest BCUT2D eigenvalue weighted by atomic mass is 35.5. The summed E-state index contributed by atoms with van der Waals surface area (Å²) < 4.78 is 0. The third kappa shape index (κ3) is 3.26. The number of nitrogens with zero attached hydrogens (tertiary/aromatic N) is 1. The van der Waals surface area contributed by atoms with E-state index in [0.29, 0.717) is 21.2 Å². The van der Waals surface area contributed by atoms with Crippen LogP contribution in [0, 0.1) is 0 Å². The molecule has 1 heterocycles. The summed E-state index contributed by atoms with van der Waals surface area (Å²) in [6, 6.07) is 12.5. The van der Waals surface area contributed by atoms with Crippen LogP contribution in [0.3, 0.4) is 0 Å². The molecule has 1 atom stereocenters. The zero-order chi connectivity index (χ0) is 18.8. The lowest BCUT2D eigenvalue weighted by molar-refractivity contribution is -0.139. The van der Waals surface area contributed by atoms with Crippen molar-refractivity contribution in [2.75, 3.05) is 6.54 Å². The maximum atomic E-state index is 12.6. The van der Waals surface area contributed by atoms with E-state index in [-0.39, 0.29) is 17.9 Å². The van der Waals surface area contributed by atoms with Gasteiger partial charge in [0.1, 0.15) is 5.76 Å². The smallest absolute Gasteiger partial charge is 0.295 e. The van der Waals surface area contributed by atoms with Crippen molar-refractivity contribution in [3.8, 4) is 0 Å². The Kier molecular flexibility index (Phi) is 5.16. The van der Waals surface area contributed by atoms with Crippen molar-refractivity contribution >= 4 is 40.7 Å². The molecule has 0 aromatic heterocycles. The Morgan fingerprint density at radius 3 is 2.12 bits per heavy atom. The van der Waals surface area contributed by atoms with Crippen molar-refractivity contribution in [2.45, 2.75) is 6.04 Å². The van der Waals surface area contributed by atoms with Gasteiger partial charge >= 0.3 is 0 Å². The minimum Gasteiger partial charge on any atom is -0.507 e. The van der Waals surface area contributed by atoms with E-state index in [2.05, 4.69) is 6.58 Å². The van der Waals surface area contributed by atoms with Crippen LogP contribution in [0.4, 0.5) is 0 Å². The van der Waals surface area contributed by atoms with Crippen LogP contribution in [0.2, 0.25) is 10.0 Å². The molecule has 1 N–H and O–H groups in total. The Bertz CT molecular complexity index is 902. The average Bonchev–Trinajstić information content (AvgIpc) is 2.88. The first-order valence-corrected chi connectivity index (χ1v) is 8.60. The number of carbonyl (C=O) groups excluding carboxylic acids is 2. The summed E-state index contributed by atoms with van der Waals surface area (Å²) >= 11 is 11.8. The fourth-order valence-electron chi connectivity index (χ4n) is 2.96. The summed E-state index contributed by atoms with van der Waals surface area (Å²) in [5, 5.41) is 11.8. The largest absolute Gasteiger partial charge is 0.507 e. The highest BCUT2D eigenvalue weighted by molar-refractivity contribution is 6.46. The molecule has 6 heteroatoms. The van der Waals surface area contributed by atoms with Crippen LogP contribution in [0.25, 0.3) is 5.76 Å². The van der Waals surface area contributed by atoms with E-state index in [1.807, 2.05) is 0 Å². The number of Topliss-reactive ketones (excluding diaryl/α,β-unsaturated/α-hetero) is 1. The summed E-state index contributed by atoms with van der Waals surface area (Å²) in [7, 11) is 0. The summed E-state index contributed by atoms with van der Waals surface area (Å²) in [5.74, 6) is -1.66. The van der Waals surface area contributed by atoms with E-state index < -0.39 is 17.7 Å². The number of hydrogen-bond donors (Lipinski definition) is 1. The second-order valence-electron chi connectivity index (χ2n) is 5.80. The fraction of sp³-hybridized carbons (Fsp3) is 0.100. The Hall–Kier alpha value is -2.56. The molecule has 2 aromatic rings. The van der Waals surface area contributed by atoms with E-state index in [1.54, 1.807) is 48.5 Å². The Morgan fingerprint density at radius 2 is 1.58 bits per heavy atom. The summed E-state index contributed by atoms with van der Waals surface area (Å²) in [5.41, 5.74) is 1.11. The van der Waals surface area contributed by atoms with Crippen LogP contribution in [-0.4, -0.2) is 28.2 Å². The molecule has 2 aromatic carbocycles. The van der Waals surface area contributed by atoms with Crippen molar-refractivity contribution in [1.29, 1.82) is 0 Å². The SMILES string of the molecule is C=CCN1C(=O)C(=O)/C(=C(/O)c2ccc(Cl)cc2)C1c1ccc(Cl)cc1. The van der Waals surface area contributed by atoms with E-state index in [1.165, 1.54) is 11.0 Å². The number of amides is 1. The van der Waals surface area contributed by atoms with Gasteiger partial charge in [0.05, 0.1) is 11.6 Å². The third-order valence-corrected chi connectivity index (χ3v) is 4.67. The molecule has 0 bridgehead atoms. The molecule has 26 heavy (non-hydrogen) atoms. The molecule has 0 radical (unpaired) electrons. The fourth-order valence-corrected chi connectivity index (χ4v) is 3.21. The summed E-state index contributed by atoms with van der Waals surface area (Å²) in [6.07, 6.45) is 1.54. The summed E-state index contributed by atoms with van der Waals surface area (Å²) in [4.78, 5) is 26.5. The molecule has 1 saturated heterocycles. The molecule has 1 amide bonds. The van der Waals surface area contributed by atoms with Gasteiger partial charge in [-0.25, -0.2) is 0 Å². The molecule has 3 rings (SSSR count). The van der Waals surface area contributed by atoms with Crippen LogP contribution in [-0.2, 0) is 9.59 Å². The van der Waals surface area contributed by atoms with Gasteiger partial charge < -0.3 is 10.0 Å². The molecule has 1 aliphatic heterocycles. The molecule has 132 valence electrons. The van der Waals surface area contributed by atoms with Gasteiger partial charge in [-0.2, -0.15) is 0 Å². The van der Waals surface area contributed by atoms with Gasteiger partial charge in [-0.05, 0) is 42.0 Å². The van der Waals surface area contributed by atoms with Crippen molar-refractivity contribution in [1.82, 2.24) is 4.90 Å². The molecule has 0 spiro atoms. The highest BCUT2D eigenvalue weighted by Crippen LogP contribution is 2.39. The van der Waals surface area contributed by atoms with Crippen LogP contribution in [0.1, 0.15) is 17.2 Å². The van der Waals surface area contributed by atoms with Gasteiger partial charge in [-0.3, -0.25) is 9.59 Å². The summed E-state index contributed by atoms with van der Waals surface area (Å²) in [6.45, 7) is 3.82. The Labute approximate surface area is 161 Å². The minimum absolute atomic E-state index is 0.0292. The number of aliphatic hydroxyl groups is 1. The predicted octanol–water partition coefficient (Wildman–Crippen LogP) is 4.60. The monoisotopic (exact) mass is 387 g/mol. The molecule has 1 fully saturated rings. The van der Waals surface area contributed by atoms with Gasteiger partial charge in [-0.15, -0.1) is 6.58 Å². The molecule has 0 saturated carbocycles. The topological polar surface area (TPSA) is 57.6 Å². The van der Waals surface area contributed by atoms with Gasteiger partial charge in [0.15, 0.2) is 0 Å². The van der Waals surface area contributed by atoms with Crippen LogP contribution >= 0.6 is 23.2 Å². The number of halogens is 2. The number of rotatable bonds is 4.